The van der Waals surface area contributed by atoms with Crippen molar-refractivity contribution in [2.45, 2.75) is 32.0 Å². The van der Waals surface area contributed by atoms with Gasteiger partial charge in [0, 0.05) is 19.3 Å². The lowest BCUT2D eigenvalue weighted by Gasteiger charge is -2.28. The van der Waals surface area contributed by atoms with Gasteiger partial charge in [-0.15, -0.1) is 0 Å². The van der Waals surface area contributed by atoms with Crippen molar-refractivity contribution in [3.05, 3.63) is 34.9 Å². The molecule has 1 atom stereocenters. The van der Waals surface area contributed by atoms with Crippen LogP contribution in [0.25, 0.3) is 0 Å². The quantitative estimate of drug-likeness (QED) is 0.895. The first-order valence-corrected chi connectivity index (χ1v) is 6.40. The van der Waals surface area contributed by atoms with Gasteiger partial charge in [-0.25, -0.2) is 0 Å². The molecule has 0 amide bonds. The molecule has 106 valence electrons. The molecule has 0 radical (unpaired) electrons. The summed E-state index contributed by atoms with van der Waals surface area (Å²) in [5.74, 6) is 0.191. The fourth-order valence-electron chi connectivity index (χ4n) is 2.52. The maximum atomic E-state index is 12.8. The average Bonchev–Trinajstić information content (AvgIpc) is 2.37. The zero-order valence-corrected chi connectivity index (χ0v) is 10.8. The second-order valence-corrected chi connectivity index (χ2v) is 5.11. The average molecular weight is 273 g/mol. The Morgan fingerprint density at radius 1 is 1.21 bits per heavy atom. The van der Waals surface area contributed by atoms with Crippen LogP contribution in [0.15, 0.2) is 18.2 Å². The Morgan fingerprint density at radius 3 is 2.42 bits per heavy atom. The van der Waals surface area contributed by atoms with Crippen LogP contribution in [0.1, 0.15) is 35.6 Å². The maximum absolute atomic E-state index is 12.8. The summed E-state index contributed by atoms with van der Waals surface area (Å²) in [6, 6.07) is 3.72. The molecule has 2 nitrogen and oxygen atoms in total. The van der Waals surface area contributed by atoms with Gasteiger partial charge in [0.25, 0.3) is 0 Å². The molecule has 1 aliphatic rings. The SMILES string of the molecule is Cc1cc(C(N)C2CCOCC2)cc(C(F)(F)F)c1. The predicted molar refractivity (Wildman–Crippen MR) is 66.7 cm³/mol. The lowest BCUT2D eigenvalue weighted by molar-refractivity contribution is -0.137. The van der Waals surface area contributed by atoms with E-state index in [0.717, 1.165) is 18.9 Å². The van der Waals surface area contributed by atoms with Gasteiger partial charge in [-0.2, -0.15) is 13.2 Å². The zero-order valence-electron chi connectivity index (χ0n) is 10.8. The van der Waals surface area contributed by atoms with E-state index in [2.05, 4.69) is 0 Å². The van der Waals surface area contributed by atoms with Gasteiger partial charge in [0.1, 0.15) is 0 Å². The van der Waals surface area contributed by atoms with Gasteiger partial charge in [0.15, 0.2) is 0 Å². The van der Waals surface area contributed by atoms with E-state index in [4.69, 9.17) is 10.5 Å². The number of alkyl halides is 3. The van der Waals surface area contributed by atoms with Gasteiger partial charge in [0.2, 0.25) is 0 Å². The Balaban J connectivity index is 2.26. The van der Waals surface area contributed by atoms with E-state index in [1.54, 1.807) is 13.0 Å². The normalized spacial score (nSPS) is 19.4. The van der Waals surface area contributed by atoms with Crippen LogP contribution in [0.4, 0.5) is 13.2 Å². The van der Waals surface area contributed by atoms with Crippen LogP contribution in [-0.4, -0.2) is 13.2 Å². The highest BCUT2D eigenvalue weighted by Gasteiger charge is 2.32. The second kappa shape index (κ2) is 5.51. The van der Waals surface area contributed by atoms with Crippen molar-refractivity contribution < 1.29 is 17.9 Å². The summed E-state index contributed by atoms with van der Waals surface area (Å²) < 4.78 is 43.6. The van der Waals surface area contributed by atoms with Crippen molar-refractivity contribution in [2.24, 2.45) is 11.7 Å². The van der Waals surface area contributed by atoms with Gasteiger partial charge in [-0.1, -0.05) is 11.6 Å². The molecule has 1 aromatic rings. The lowest BCUT2D eigenvalue weighted by Crippen LogP contribution is -2.27. The van der Waals surface area contributed by atoms with Crippen LogP contribution in [0.5, 0.6) is 0 Å². The molecule has 1 saturated heterocycles. The highest BCUT2D eigenvalue weighted by Crippen LogP contribution is 2.34. The van der Waals surface area contributed by atoms with Crippen LogP contribution >= 0.6 is 0 Å². The standard InChI is InChI=1S/C14H18F3NO/c1-9-6-11(8-12(7-9)14(15,16)17)13(18)10-2-4-19-5-3-10/h6-8,10,13H,2-5,18H2,1H3. The smallest absolute Gasteiger partial charge is 0.381 e. The van der Waals surface area contributed by atoms with Crippen molar-refractivity contribution in [1.29, 1.82) is 0 Å². The predicted octanol–water partition coefficient (Wildman–Crippen LogP) is 3.44. The minimum Gasteiger partial charge on any atom is -0.381 e. The van der Waals surface area contributed by atoms with Gasteiger partial charge in [-0.05, 0) is 43.4 Å². The summed E-state index contributed by atoms with van der Waals surface area (Å²) in [6.45, 7) is 2.93. The summed E-state index contributed by atoms with van der Waals surface area (Å²) >= 11 is 0. The van der Waals surface area contributed by atoms with E-state index in [1.165, 1.54) is 6.07 Å². The summed E-state index contributed by atoms with van der Waals surface area (Å²) in [7, 11) is 0. The van der Waals surface area contributed by atoms with Crippen LogP contribution in [0.3, 0.4) is 0 Å². The fraction of sp³-hybridized carbons (Fsp3) is 0.571. The Kier molecular flexibility index (Phi) is 4.16. The number of benzene rings is 1. The third kappa shape index (κ3) is 3.48. The monoisotopic (exact) mass is 273 g/mol. The van der Waals surface area contributed by atoms with Crippen molar-refractivity contribution >= 4 is 0 Å². The Labute approximate surface area is 110 Å². The molecule has 1 unspecified atom stereocenters. The maximum Gasteiger partial charge on any atom is 0.416 e. The number of aryl methyl sites for hydroxylation is 1. The summed E-state index contributed by atoms with van der Waals surface area (Å²) in [5, 5.41) is 0. The van der Waals surface area contributed by atoms with E-state index >= 15 is 0 Å². The number of ether oxygens (including phenoxy) is 1. The Morgan fingerprint density at radius 2 is 1.84 bits per heavy atom. The zero-order chi connectivity index (χ0) is 14.0. The van der Waals surface area contributed by atoms with Crippen molar-refractivity contribution in [2.75, 3.05) is 13.2 Å². The van der Waals surface area contributed by atoms with Crippen LogP contribution < -0.4 is 5.73 Å². The minimum absolute atomic E-state index is 0.191. The molecular weight excluding hydrogens is 255 g/mol. The van der Waals surface area contributed by atoms with Crippen LogP contribution in [-0.2, 0) is 10.9 Å². The molecule has 1 aliphatic heterocycles. The molecule has 2 N–H and O–H groups in total. The molecule has 0 spiro atoms. The van der Waals surface area contributed by atoms with Gasteiger partial charge in [0.05, 0.1) is 5.56 Å². The van der Waals surface area contributed by atoms with Gasteiger partial charge in [-0.3, -0.25) is 0 Å². The summed E-state index contributed by atoms with van der Waals surface area (Å²) in [5.41, 5.74) is 6.67. The Hall–Kier alpha value is -1.07. The van der Waals surface area contributed by atoms with Crippen LogP contribution in [0.2, 0.25) is 0 Å². The topological polar surface area (TPSA) is 35.2 Å². The van der Waals surface area contributed by atoms with E-state index in [-0.39, 0.29) is 12.0 Å². The second-order valence-electron chi connectivity index (χ2n) is 5.11. The Bertz CT molecular complexity index is 439. The first-order valence-electron chi connectivity index (χ1n) is 6.40. The molecule has 0 saturated carbocycles. The largest absolute Gasteiger partial charge is 0.416 e. The summed E-state index contributed by atoms with van der Waals surface area (Å²) in [4.78, 5) is 0. The number of hydrogen-bond acceptors (Lipinski definition) is 2. The first-order chi connectivity index (χ1) is 8.88. The highest BCUT2D eigenvalue weighted by molar-refractivity contribution is 5.33. The minimum atomic E-state index is -4.32. The molecule has 19 heavy (non-hydrogen) atoms. The first kappa shape index (κ1) is 14.3. The van der Waals surface area contributed by atoms with Crippen molar-refractivity contribution in [1.82, 2.24) is 0 Å². The molecule has 1 heterocycles. The molecule has 0 aromatic heterocycles. The molecule has 1 fully saturated rings. The van der Waals surface area contributed by atoms with Gasteiger partial charge >= 0.3 is 6.18 Å². The highest BCUT2D eigenvalue weighted by atomic mass is 19.4. The molecule has 0 bridgehead atoms. The number of rotatable bonds is 2. The molecule has 5 heteroatoms. The third-order valence-electron chi connectivity index (χ3n) is 3.59. The van der Waals surface area contributed by atoms with Gasteiger partial charge < -0.3 is 10.5 Å². The molecule has 0 aliphatic carbocycles. The van der Waals surface area contributed by atoms with E-state index in [1.807, 2.05) is 0 Å². The van der Waals surface area contributed by atoms with Crippen molar-refractivity contribution in [3.63, 3.8) is 0 Å². The van der Waals surface area contributed by atoms with E-state index < -0.39 is 11.7 Å². The lowest BCUT2D eigenvalue weighted by atomic mass is 9.86. The van der Waals surface area contributed by atoms with Crippen molar-refractivity contribution in [3.8, 4) is 0 Å². The fourth-order valence-corrected chi connectivity index (χ4v) is 2.52. The number of nitrogens with two attached hydrogens (primary N) is 1. The van der Waals surface area contributed by atoms with E-state index in [9.17, 15) is 13.2 Å². The van der Waals surface area contributed by atoms with Crippen LogP contribution in [0, 0.1) is 12.8 Å². The number of halogens is 3. The third-order valence-corrected chi connectivity index (χ3v) is 3.59. The molecule has 1 aromatic carbocycles. The molecular formula is C14H18F3NO. The summed E-state index contributed by atoms with van der Waals surface area (Å²) in [6.07, 6.45) is -2.72. The number of hydrogen-bond donors (Lipinski definition) is 1. The molecule has 2 rings (SSSR count). The van der Waals surface area contributed by atoms with E-state index in [0.29, 0.717) is 24.3 Å².